The van der Waals surface area contributed by atoms with Crippen LogP contribution in [-0.4, -0.2) is 25.5 Å². The second kappa shape index (κ2) is 8.55. The number of nitrogens with one attached hydrogen (secondary N) is 1. The SMILES string of the molecule is COC(=O)CNC(=O)c1cc(=O)c(OCc2ccc(Cl)c(Cl)c2)co1. The summed E-state index contributed by atoms with van der Waals surface area (Å²) < 4.78 is 14.8. The van der Waals surface area contributed by atoms with Crippen molar-refractivity contribution in [1.29, 1.82) is 0 Å². The van der Waals surface area contributed by atoms with Gasteiger partial charge in [0.05, 0.1) is 17.2 Å². The fourth-order valence-corrected chi connectivity index (χ4v) is 2.05. The summed E-state index contributed by atoms with van der Waals surface area (Å²) in [6, 6.07) is 5.89. The highest BCUT2D eigenvalue weighted by Crippen LogP contribution is 2.23. The number of amides is 1. The smallest absolute Gasteiger partial charge is 0.325 e. The standard InChI is InChI=1S/C16H13Cl2NO6/c1-23-15(21)6-19-16(22)13-5-12(20)14(8-25-13)24-7-9-2-3-10(17)11(18)4-9/h2-5,8H,6-7H2,1H3,(H,19,22). The Morgan fingerprint density at radius 1 is 1.20 bits per heavy atom. The fourth-order valence-electron chi connectivity index (χ4n) is 1.73. The van der Waals surface area contributed by atoms with Crippen molar-refractivity contribution in [3.8, 4) is 5.75 Å². The number of esters is 1. The van der Waals surface area contributed by atoms with Crippen LogP contribution in [0.4, 0.5) is 0 Å². The quantitative estimate of drug-likeness (QED) is 0.767. The molecule has 0 saturated carbocycles. The minimum atomic E-state index is -0.724. The highest BCUT2D eigenvalue weighted by molar-refractivity contribution is 6.42. The molecule has 0 spiro atoms. The molecule has 0 fully saturated rings. The highest BCUT2D eigenvalue weighted by atomic mass is 35.5. The molecule has 0 aliphatic rings. The molecule has 1 heterocycles. The van der Waals surface area contributed by atoms with Gasteiger partial charge in [-0.3, -0.25) is 14.4 Å². The van der Waals surface area contributed by atoms with Gasteiger partial charge in [0.2, 0.25) is 11.2 Å². The second-order valence-corrected chi connectivity index (χ2v) is 5.58. The lowest BCUT2D eigenvalue weighted by atomic mass is 10.2. The molecule has 25 heavy (non-hydrogen) atoms. The molecule has 0 radical (unpaired) electrons. The van der Waals surface area contributed by atoms with Crippen molar-refractivity contribution in [2.24, 2.45) is 0 Å². The van der Waals surface area contributed by atoms with E-state index in [1.54, 1.807) is 18.2 Å². The van der Waals surface area contributed by atoms with Crippen LogP contribution >= 0.6 is 23.2 Å². The average molecular weight is 386 g/mol. The largest absolute Gasteiger partial charge is 0.482 e. The monoisotopic (exact) mass is 385 g/mol. The Morgan fingerprint density at radius 3 is 2.60 bits per heavy atom. The minimum Gasteiger partial charge on any atom is -0.482 e. The maximum Gasteiger partial charge on any atom is 0.325 e. The van der Waals surface area contributed by atoms with Crippen LogP contribution in [0.2, 0.25) is 10.0 Å². The number of hydrogen-bond donors (Lipinski definition) is 1. The van der Waals surface area contributed by atoms with Crippen molar-refractivity contribution in [3.05, 3.63) is 62.1 Å². The third kappa shape index (κ3) is 5.23. The molecule has 1 N–H and O–H groups in total. The van der Waals surface area contributed by atoms with Crippen molar-refractivity contribution >= 4 is 35.1 Å². The highest BCUT2D eigenvalue weighted by Gasteiger charge is 2.13. The first-order chi connectivity index (χ1) is 11.9. The van der Waals surface area contributed by atoms with E-state index in [9.17, 15) is 14.4 Å². The zero-order chi connectivity index (χ0) is 18.4. The first-order valence-electron chi connectivity index (χ1n) is 6.95. The lowest BCUT2D eigenvalue weighted by molar-refractivity contribution is -0.139. The van der Waals surface area contributed by atoms with E-state index >= 15 is 0 Å². The molecule has 0 bridgehead atoms. The summed E-state index contributed by atoms with van der Waals surface area (Å²) in [5, 5.41) is 3.03. The van der Waals surface area contributed by atoms with Gasteiger partial charge in [-0.05, 0) is 17.7 Å². The van der Waals surface area contributed by atoms with Crippen LogP contribution in [0, 0.1) is 0 Å². The van der Waals surface area contributed by atoms with Crippen LogP contribution in [0.5, 0.6) is 5.75 Å². The first-order valence-corrected chi connectivity index (χ1v) is 7.71. The van der Waals surface area contributed by atoms with Gasteiger partial charge < -0.3 is 19.2 Å². The van der Waals surface area contributed by atoms with Crippen LogP contribution in [-0.2, 0) is 16.1 Å². The number of benzene rings is 1. The zero-order valence-electron chi connectivity index (χ0n) is 13.0. The van der Waals surface area contributed by atoms with Crippen LogP contribution in [0.1, 0.15) is 16.1 Å². The Labute approximate surface area is 152 Å². The number of hydrogen-bond acceptors (Lipinski definition) is 6. The van der Waals surface area contributed by atoms with E-state index in [4.69, 9.17) is 32.4 Å². The van der Waals surface area contributed by atoms with Crippen molar-refractivity contribution in [3.63, 3.8) is 0 Å². The molecule has 0 aliphatic heterocycles. The molecule has 0 unspecified atom stereocenters. The summed E-state index contributed by atoms with van der Waals surface area (Å²) in [6.45, 7) is -0.274. The molecular formula is C16H13Cl2NO6. The van der Waals surface area contributed by atoms with Crippen molar-refractivity contribution < 1.29 is 23.5 Å². The summed E-state index contributed by atoms with van der Waals surface area (Å²) >= 11 is 11.7. The normalized spacial score (nSPS) is 10.2. The molecule has 2 aromatic rings. The molecule has 2 rings (SSSR count). The lowest BCUT2D eigenvalue weighted by Gasteiger charge is -2.07. The third-order valence-corrected chi connectivity index (χ3v) is 3.76. The maximum atomic E-state index is 12.0. The molecular weight excluding hydrogens is 373 g/mol. The van der Waals surface area contributed by atoms with Gasteiger partial charge in [0, 0.05) is 6.07 Å². The Kier molecular flexibility index (Phi) is 6.44. The molecule has 0 saturated heterocycles. The van der Waals surface area contributed by atoms with E-state index in [0.29, 0.717) is 15.6 Å². The Morgan fingerprint density at radius 2 is 1.96 bits per heavy atom. The first kappa shape index (κ1) is 18.8. The van der Waals surface area contributed by atoms with E-state index < -0.39 is 17.3 Å². The topological polar surface area (TPSA) is 94.8 Å². The average Bonchev–Trinajstić information content (AvgIpc) is 2.61. The van der Waals surface area contributed by atoms with Gasteiger partial charge in [0.1, 0.15) is 19.4 Å². The summed E-state index contributed by atoms with van der Waals surface area (Å²) in [4.78, 5) is 34.7. The van der Waals surface area contributed by atoms with E-state index in [1.807, 2.05) is 0 Å². The number of rotatable bonds is 6. The minimum absolute atomic E-state index is 0.0650. The molecule has 0 aliphatic carbocycles. The Balaban J connectivity index is 2.01. The van der Waals surface area contributed by atoms with Gasteiger partial charge in [-0.1, -0.05) is 29.3 Å². The Bertz CT molecular complexity index is 849. The number of halogens is 2. The van der Waals surface area contributed by atoms with Crippen molar-refractivity contribution in [2.45, 2.75) is 6.61 Å². The van der Waals surface area contributed by atoms with Gasteiger partial charge in [-0.15, -0.1) is 0 Å². The van der Waals surface area contributed by atoms with Crippen LogP contribution in [0.25, 0.3) is 0 Å². The van der Waals surface area contributed by atoms with Gasteiger partial charge in [-0.2, -0.15) is 0 Å². The summed E-state index contributed by atoms with van der Waals surface area (Å²) in [5.41, 5.74) is 0.156. The predicted octanol–water partition coefficient (Wildman–Crippen LogP) is 2.43. The predicted molar refractivity (Wildman–Crippen MR) is 90.1 cm³/mol. The summed E-state index contributed by atoms with van der Waals surface area (Å²) in [6.07, 6.45) is 1.02. The van der Waals surface area contributed by atoms with Crippen molar-refractivity contribution in [2.75, 3.05) is 13.7 Å². The number of carbonyl (C=O) groups is 2. The summed E-state index contributed by atoms with van der Waals surface area (Å²) in [5.74, 6) is -1.68. The van der Waals surface area contributed by atoms with Crippen LogP contribution < -0.4 is 15.5 Å². The van der Waals surface area contributed by atoms with Gasteiger partial charge in [-0.25, -0.2) is 0 Å². The van der Waals surface area contributed by atoms with Crippen LogP contribution in [0.15, 0.2) is 39.7 Å². The van der Waals surface area contributed by atoms with Gasteiger partial charge in [0.25, 0.3) is 5.91 Å². The second-order valence-electron chi connectivity index (χ2n) is 4.77. The fraction of sp³-hybridized carbons (Fsp3) is 0.188. The lowest BCUT2D eigenvalue weighted by Crippen LogP contribution is -2.30. The third-order valence-electron chi connectivity index (χ3n) is 3.02. The number of methoxy groups -OCH3 is 1. The number of carbonyl (C=O) groups excluding carboxylic acids is 2. The molecule has 1 amide bonds. The molecule has 9 heteroatoms. The van der Waals surface area contributed by atoms with Crippen molar-refractivity contribution in [1.82, 2.24) is 5.32 Å². The van der Waals surface area contributed by atoms with Gasteiger partial charge in [0.15, 0.2) is 5.76 Å². The van der Waals surface area contributed by atoms with E-state index in [0.717, 1.165) is 12.3 Å². The molecule has 132 valence electrons. The maximum absolute atomic E-state index is 12.0. The van der Waals surface area contributed by atoms with E-state index in [2.05, 4.69) is 10.1 Å². The van der Waals surface area contributed by atoms with Gasteiger partial charge >= 0.3 is 5.97 Å². The van der Waals surface area contributed by atoms with Crippen LogP contribution in [0.3, 0.4) is 0 Å². The number of ether oxygens (including phenoxy) is 2. The Hall–Kier alpha value is -2.51. The molecule has 1 aromatic heterocycles. The molecule has 0 atom stereocenters. The molecule has 7 nitrogen and oxygen atoms in total. The zero-order valence-corrected chi connectivity index (χ0v) is 14.5. The molecule has 1 aromatic carbocycles. The van der Waals surface area contributed by atoms with E-state index in [-0.39, 0.29) is 24.7 Å². The summed E-state index contributed by atoms with van der Waals surface area (Å²) in [7, 11) is 1.19. The van der Waals surface area contributed by atoms with E-state index in [1.165, 1.54) is 7.11 Å².